The highest BCUT2D eigenvalue weighted by atomic mass is 32.2. The van der Waals surface area contributed by atoms with Gasteiger partial charge in [0.15, 0.2) is 16.6 Å². The van der Waals surface area contributed by atoms with Crippen LogP contribution in [0.4, 0.5) is 44.4 Å². The lowest BCUT2D eigenvalue weighted by atomic mass is 10.00. The molecular weight excluding hydrogens is 1010 g/mol. The van der Waals surface area contributed by atoms with Gasteiger partial charge in [-0.25, -0.2) is 4.98 Å². The highest BCUT2D eigenvalue weighted by Gasteiger charge is 2.25. The number of fused-ring (bicyclic) bond motifs is 2. The Bertz CT molecular complexity index is 4100. The number of azo groups is 2. The maximum absolute atomic E-state index is 12.6. The molecule has 21 nitrogen and oxygen atoms in total. The van der Waals surface area contributed by atoms with Gasteiger partial charge in [-0.3, -0.25) is 18.2 Å². The van der Waals surface area contributed by atoms with Crippen molar-refractivity contribution in [1.29, 1.82) is 10.5 Å². The average Bonchev–Trinajstić information content (AvgIpc) is 3.66. The Morgan fingerprint density at radius 1 is 0.543 bits per heavy atom. The van der Waals surface area contributed by atoms with Crippen LogP contribution in [0.3, 0.4) is 0 Å². The Balaban J connectivity index is 1.30. The molecule has 2 aromatic heterocycles. The molecule has 0 amide bonds. The van der Waals surface area contributed by atoms with E-state index in [0.717, 1.165) is 64.6 Å². The lowest BCUT2D eigenvalue weighted by molar-refractivity contribution is 0.481. The molecule has 8 aromatic rings. The maximum Gasteiger partial charge on any atom is 0.295 e. The minimum Gasteiger partial charge on any atom is -0.339 e. The van der Waals surface area contributed by atoms with Crippen LogP contribution >= 0.6 is 11.3 Å². The van der Waals surface area contributed by atoms with Gasteiger partial charge in [0.2, 0.25) is 0 Å². The number of pyridine rings is 1. The molecule has 0 aliphatic rings. The molecule has 26 heteroatoms. The summed E-state index contributed by atoms with van der Waals surface area (Å²) < 4.78 is 136. The average molecular weight is 1040 g/mol. The van der Waals surface area contributed by atoms with Crippen molar-refractivity contribution in [2.24, 2.45) is 20.5 Å². The van der Waals surface area contributed by atoms with E-state index in [1.165, 1.54) is 43.3 Å². The highest BCUT2D eigenvalue weighted by molar-refractivity contribution is 7.86. The first kappa shape index (κ1) is 48.6. The SMILES string of the molecule is Cc1c(C#N)c(Nc2ccc(S(=O)(=O)O)cc2)nc(Nc2ccc(S(=O)(=O)O)cc2)c1/N=N/c1sc(/N=N/c2cc(S(=O)(=O)O)c3cccc(S(=O)(=O)O)c3c2)c(-c2ccc3ccccc3c2)c1C#N. The zero-order chi connectivity index (χ0) is 50.3. The first-order valence-corrected chi connectivity index (χ1v) is 26.2. The molecule has 0 fully saturated rings. The first-order chi connectivity index (χ1) is 33.0. The molecule has 2 heterocycles. The van der Waals surface area contributed by atoms with Gasteiger partial charge in [-0.05, 0) is 96.1 Å². The minimum absolute atomic E-state index is 0.0155. The van der Waals surface area contributed by atoms with Crippen molar-refractivity contribution in [2.75, 3.05) is 10.6 Å². The van der Waals surface area contributed by atoms with Crippen LogP contribution in [0.15, 0.2) is 161 Å². The van der Waals surface area contributed by atoms with E-state index in [1.807, 2.05) is 18.2 Å². The zero-order valence-corrected chi connectivity index (χ0v) is 39.4. The molecule has 0 radical (unpaired) electrons. The summed E-state index contributed by atoms with van der Waals surface area (Å²) >= 11 is 0.801. The van der Waals surface area contributed by atoms with E-state index in [9.17, 15) is 62.4 Å². The third-order valence-electron chi connectivity index (χ3n) is 10.3. The number of benzene rings is 6. The van der Waals surface area contributed by atoms with E-state index >= 15 is 0 Å². The van der Waals surface area contributed by atoms with Crippen molar-refractivity contribution in [3.05, 3.63) is 138 Å². The van der Waals surface area contributed by atoms with Gasteiger partial charge < -0.3 is 10.6 Å². The standard InChI is InChI=1S/C44H29N9O12S5/c1-24-35(22-45)41(47-28-11-15-31(16-12-28)67(54,55)56)49-42(48-29-13-17-32(18-14-29)68(57,58)59)40(24)51-52-43-36(23-46)39(27-10-9-25-5-2-3-6-26(25)19-27)44(66-43)53-50-30-20-34-33(38(21-30)70(63,64)65)7-4-8-37(34)69(60,61)62/h2-21H,1H3,(H2,47,48,49)(H,54,55,56)(H,57,58,59)(H,60,61,62)(H,63,64,65)/b52-51+,53-50+. The minimum atomic E-state index is -5.02. The van der Waals surface area contributed by atoms with Crippen molar-refractivity contribution in [3.63, 3.8) is 0 Å². The summed E-state index contributed by atoms with van der Waals surface area (Å²) in [7, 11) is -19.0. The summed E-state index contributed by atoms with van der Waals surface area (Å²) in [5.41, 5.74) is 0.757. The quantitative estimate of drug-likeness (QED) is 0.0461. The van der Waals surface area contributed by atoms with Crippen LogP contribution in [0.1, 0.15) is 16.7 Å². The van der Waals surface area contributed by atoms with Crippen LogP contribution in [-0.2, 0) is 40.5 Å². The van der Waals surface area contributed by atoms with Crippen molar-refractivity contribution in [3.8, 4) is 23.3 Å². The van der Waals surface area contributed by atoms with Crippen LogP contribution in [-0.4, -0.2) is 56.9 Å². The Morgan fingerprint density at radius 2 is 1.11 bits per heavy atom. The van der Waals surface area contributed by atoms with Gasteiger partial charge in [-0.1, -0.05) is 59.9 Å². The molecule has 0 aliphatic carbocycles. The van der Waals surface area contributed by atoms with Crippen molar-refractivity contribution < 1.29 is 51.9 Å². The molecule has 352 valence electrons. The number of hydrogen-bond donors (Lipinski definition) is 6. The molecule has 8 rings (SSSR count). The Morgan fingerprint density at radius 3 is 1.69 bits per heavy atom. The van der Waals surface area contributed by atoms with Gasteiger partial charge in [-0.2, -0.15) is 44.2 Å². The van der Waals surface area contributed by atoms with E-state index in [0.29, 0.717) is 5.56 Å². The Kier molecular flexibility index (Phi) is 12.9. The number of nitrogens with one attached hydrogen (secondary N) is 2. The van der Waals surface area contributed by atoms with E-state index < -0.39 is 60.1 Å². The molecule has 70 heavy (non-hydrogen) atoms. The second kappa shape index (κ2) is 18.5. The molecule has 0 spiro atoms. The normalized spacial score (nSPS) is 12.4. The summed E-state index contributed by atoms with van der Waals surface area (Å²) in [6, 6.07) is 31.9. The van der Waals surface area contributed by atoms with E-state index in [-0.39, 0.29) is 77.4 Å². The third-order valence-corrected chi connectivity index (χ3v) is 14.8. The summed E-state index contributed by atoms with van der Waals surface area (Å²) in [5.74, 6) is -0.155. The lowest BCUT2D eigenvalue weighted by Crippen LogP contribution is -2.05. The highest BCUT2D eigenvalue weighted by Crippen LogP contribution is 2.49. The van der Waals surface area contributed by atoms with Gasteiger partial charge in [0.1, 0.15) is 38.2 Å². The fourth-order valence-corrected chi connectivity index (χ4v) is 10.4. The van der Waals surface area contributed by atoms with E-state index in [1.54, 1.807) is 24.3 Å². The monoisotopic (exact) mass is 1040 g/mol. The van der Waals surface area contributed by atoms with Crippen LogP contribution in [0, 0.1) is 29.6 Å². The summed E-state index contributed by atoms with van der Waals surface area (Å²) in [6.07, 6.45) is 0. The largest absolute Gasteiger partial charge is 0.339 e. The van der Waals surface area contributed by atoms with E-state index in [2.05, 4.69) is 48.2 Å². The van der Waals surface area contributed by atoms with Crippen LogP contribution in [0.25, 0.3) is 32.7 Å². The smallest absolute Gasteiger partial charge is 0.295 e. The maximum atomic E-state index is 12.6. The number of aromatic nitrogens is 1. The van der Waals surface area contributed by atoms with Crippen molar-refractivity contribution in [1.82, 2.24) is 4.98 Å². The second-order valence-corrected chi connectivity index (χ2v) is 21.4. The van der Waals surface area contributed by atoms with Gasteiger partial charge >= 0.3 is 0 Å². The summed E-state index contributed by atoms with van der Waals surface area (Å²) in [5, 5.41) is 45.6. The molecule has 0 saturated heterocycles. The van der Waals surface area contributed by atoms with Gasteiger partial charge in [0.05, 0.1) is 21.0 Å². The van der Waals surface area contributed by atoms with E-state index in [4.69, 9.17) is 0 Å². The Hall–Kier alpha value is -7.89. The number of nitrogens with zero attached hydrogens (tertiary/aromatic N) is 7. The summed E-state index contributed by atoms with van der Waals surface area (Å²) in [4.78, 5) is 2.34. The first-order valence-electron chi connectivity index (χ1n) is 19.6. The predicted molar refractivity (Wildman–Crippen MR) is 257 cm³/mol. The lowest BCUT2D eigenvalue weighted by Gasteiger charge is -2.16. The van der Waals surface area contributed by atoms with Gasteiger partial charge in [0.25, 0.3) is 40.5 Å². The predicted octanol–water partition coefficient (Wildman–Crippen LogP) is 10.5. The zero-order valence-electron chi connectivity index (χ0n) is 35.3. The van der Waals surface area contributed by atoms with Crippen molar-refractivity contribution >= 4 is 118 Å². The third kappa shape index (κ3) is 10.1. The second-order valence-electron chi connectivity index (χ2n) is 14.8. The van der Waals surface area contributed by atoms with Crippen LogP contribution < -0.4 is 10.6 Å². The number of hydrogen-bond acceptors (Lipinski definition) is 18. The topological polar surface area (TPSA) is 351 Å². The number of thiophene rings is 1. The number of rotatable bonds is 13. The number of nitriles is 2. The molecule has 6 aromatic carbocycles. The molecule has 0 atom stereocenters. The molecule has 0 aliphatic heterocycles. The summed E-state index contributed by atoms with van der Waals surface area (Å²) in [6.45, 7) is 1.51. The fourth-order valence-electron chi connectivity index (χ4n) is 7.09. The van der Waals surface area contributed by atoms with Gasteiger partial charge in [0, 0.05) is 33.3 Å². The number of anilines is 4. The van der Waals surface area contributed by atoms with Crippen LogP contribution in [0.5, 0.6) is 0 Å². The molecule has 6 N–H and O–H groups in total. The Labute approximate surface area is 401 Å². The fraction of sp³-hybridized carbons (Fsp3) is 0.0227. The molecule has 0 bridgehead atoms. The van der Waals surface area contributed by atoms with Crippen molar-refractivity contribution in [2.45, 2.75) is 26.5 Å². The molecular formula is C44H29N9O12S5. The molecule has 0 saturated carbocycles. The van der Waals surface area contributed by atoms with Crippen LogP contribution in [0.2, 0.25) is 0 Å². The molecule has 0 unspecified atom stereocenters. The van der Waals surface area contributed by atoms with Gasteiger partial charge in [-0.15, -0.1) is 20.5 Å².